The number of anilines is 1. The molecule has 0 aliphatic carbocycles. The van der Waals surface area contributed by atoms with Gasteiger partial charge in [0.25, 0.3) is 0 Å². The highest BCUT2D eigenvalue weighted by atomic mass is 16.5. The average Bonchev–Trinajstić information content (AvgIpc) is 3.13. The molecule has 10 nitrogen and oxygen atoms in total. The lowest BCUT2D eigenvalue weighted by molar-refractivity contribution is -0.143. The van der Waals surface area contributed by atoms with Crippen molar-refractivity contribution in [2.75, 3.05) is 18.4 Å². The van der Waals surface area contributed by atoms with E-state index in [4.69, 9.17) is 9.72 Å². The molecule has 3 atom stereocenters. The number of hydrogen-bond donors (Lipinski definition) is 1. The SMILES string of the molecule is CCn1c(-c2cnc(C)nc2)nc2c(N[C@H](C)CC(=O)N3C[C@@H](C)O[C@@H](C)C3)ncnc21. The number of rotatable bonds is 6. The Balaban J connectivity index is 1.55. The van der Waals surface area contributed by atoms with E-state index in [1.165, 1.54) is 6.33 Å². The second-order valence-corrected chi connectivity index (χ2v) is 8.40. The fraction of sp³-hybridized carbons (Fsp3) is 0.545. The van der Waals surface area contributed by atoms with Crippen LogP contribution in [0.25, 0.3) is 22.6 Å². The van der Waals surface area contributed by atoms with Gasteiger partial charge in [0.1, 0.15) is 18.0 Å². The number of hydrogen-bond acceptors (Lipinski definition) is 8. The van der Waals surface area contributed by atoms with E-state index in [2.05, 4.69) is 25.3 Å². The van der Waals surface area contributed by atoms with Crippen molar-refractivity contribution in [3.63, 3.8) is 0 Å². The number of ether oxygens (including phenoxy) is 1. The summed E-state index contributed by atoms with van der Waals surface area (Å²) in [6.45, 7) is 11.8. The maximum atomic E-state index is 12.8. The summed E-state index contributed by atoms with van der Waals surface area (Å²) in [5.74, 6) is 2.16. The molecule has 0 saturated carbocycles. The van der Waals surface area contributed by atoms with Crippen LogP contribution in [0, 0.1) is 6.92 Å². The van der Waals surface area contributed by atoms with E-state index >= 15 is 0 Å². The molecule has 1 fully saturated rings. The highest BCUT2D eigenvalue weighted by Crippen LogP contribution is 2.26. The number of aryl methyl sites for hydroxylation is 2. The smallest absolute Gasteiger partial charge is 0.224 e. The van der Waals surface area contributed by atoms with Gasteiger partial charge in [-0.1, -0.05) is 0 Å². The zero-order chi connectivity index (χ0) is 22.8. The first-order valence-electron chi connectivity index (χ1n) is 11.1. The molecular formula is C22H30N8O2. The number of aromatic nitrogens is 6. The number of carbonyl (C=O) groups is 1. The van der Waals surface area contributed by atoms with Crippen LogP contribution in [0.15, 0.2) is 18.7 Å². The van der Waals surface area contributed by atoms with Gasteiger partial charge in [0, 0.05) is 44.5 Å². The Morgan fingerprint density at radius 3 is 2.53 bits per heavy atom. The van der Waals surface area contributed by atoms with Crippen LogP contribution in [0.5, 0.6) is 0 Å². The van der Waals surface area contributed by atoms with Crippen LogP contribution in [0.1, 0.15) is 39.9 Å². The van der Waals surface area contributed by atoms with E-state index in [0.29, 0.717) is 43.2 Å². The average molecular weight is 439 g/mol. The first-order chi connectivity index (χ1) is 15.4. The third-order valence-corrected chi connectivity index (χ3v) is 5.52. The molecule has 10 heteroatoms. The van der Waals surface area contributed by atoms with Gasteiger partial charge in [0.2, 0.25) is 5.91 Å². The van der Waals surface area contributed by atoms with Crippen molar-refractivity contribution >= 4 is 22.9 Å². The van der Waals surface area contributed by atoms with Crippen molar-refractivity contribution in [1.82, 2.24) is 34.4 Å². The molecule has 32 heavy (non-hydrogen) atoms. The lowest BCUT2D eigenvalue weighted by atomic mass is 10.1. The zero-order valence-electron chi connectivity index (χ0n) is 19.2. The molecule has 1 aliphatic rings. The third kappa shape index (κ3) is 4.55. The molecule has 1 aliphatic heterocycles. The molecule has 3 aromatic heterocycles. The molecular weight excluding hydrogens is 408 g/mol. The maximum absolute atomic E-state index is 12.8. The van der Waals surface area contributed by atoms with Gasteiger partial charge in [0.15, 0.2) is 17.0 Å². The summed E-state index contributed by atoms with van der Waals surface area (Å²) in [5, 5.41) is 3.37. The molecule has 0 spiro atoms. The number of morpholine rings is 1. The Labute approximate surface area is 187 Å². The van der Waals surface area contributed by atoms with E-state index in [9.17, 15) is 4.79 Å². The number of fused-ring (bicyclic) bond motifs is 1. The number of carbonyl (C=O) groups excluding carboxylic acids is 1. The molecule has 4 rings (SSSR count). The molecule has 170 valence electrons. The van der Waals surface area contributed by atoms with Crippen LogP contribution in [-0.2, 0) is 16.1 Å². The molecule has 1 N–H and O–H groups in total. The van der Waals surface area contributed by atoms with Crippen molar-refractivity contribution in [3.05, 3.63) is 24.5 Å². The zero-order valence-corrected chi connectivity index (χ0v) is 19.2. The van der Waals surface area contributed by atoms with Gasteiger partial charge in [-0.25, -0.2) is 24.9 Å². The molecule has 4 heterocycles. The summed E-state index contributed by atoms with van der Waals surface area (Å²) in [6.07, 6.45) is 5.51. The van der Waals surface area contributed by atoms with Crippen LogP contribution < -0.4 is 5.32 Å². The van der Waals surface area contributed by atoms with Crippen molar-refractivity contribution in [1.29, 1.82) is 0 Å². The van der Waals surface area contributed by atoms with Crippen LogP contribution in [-0.4, -0.2) is 71.6 Å². The van der Waals surface area contributed by atoms with Crippen molar-refractivity contribution in [2.24, 2.45) is 0 Å². The fourth-order valence-corrected chi connectivity index (χ4v) is 4.13. The largest absolute Gasteiger partial charge is 0.372 e. The molecule has 0 bridgehead atoms. The monoisotopic (exact) mass is 438 g/mol. The summed E-state index contributed by atoms with van der Waals surface area (Å²) < 4.78 is 7.75. The molecule has 0 aromatic carbocycles. The van der Waals surface area contributed by atoms with Crippen LogP contribution in [0.3, 0.4) is 0 Å². The van der Waals surface area contributed by atoms with Crippen LogP contribution in [0.2, 0.25) is 0 Å². The van der Waals surface area contributed by atoms with Gasteiger partial charge in [-0.05, 0) is 34.6 Å². The summed E-state index contributed by atoms with van der Waals surface area (Å²) in [5.41, 5.74) is 2.22. The minimum Gasteiger partial charge on any atom is -0.372 e. The molecule has 1 amide bonds. The van der Waals surface area contributed by atoms with Crippen molar-refractivity contribution in [3.8, 4) is 11.4 Å². The highest BCUT2D eigenvalue weighted by molar-refractivity contribution is 5.86. The minimum absolute atomic E-state index is 0.0506. The van der Waals surface area contributed by atoms with Crippen molar-refractivity contribution < 1.29 is 9.53 Å². The summed E-state index contributed by atoms with van der Waals surface area (Å²) in [7, 11) is 0. The second-order valence-electron chi connectivity index (χ2n) is 8.40. The van der Waals surface area contributed by atoms with Gasteiger partial charge in [-0.15, -0.1) is 0 Å². The highest BCUT2D eigenvalue weighted by Gasteiger charge is 2.27. The second kappa shape index (κ2) is 9.15. The number of imidazole rings is 1. The van der Waals surface area contributed by atoms with Gasteiger partial charge in [-0.2, -0.15) is 0 Å². The molecule has 0 radical (unpaired) electrons. The molecule has 1 saturated heterocycles. The Morgan fingerprint density at radius 1 is 1.19 bits per heavy atom. The topological polar surface area (TPSA) is 111 Å². The Kier molecular flexibility index (Phi) is 6.31. The van der Waals surface area contributed by atoms with E-state index in [1.807, 2.05) is 44.1 Å². The van der Waals surface area contributed by atoms with Crippen molar-refractivity contribution in [2.45, 2.75) is 65.8 Å². The van der Waals surface area contributed by atoms with E-state index in [0.717, 1.165) is 17.0 Å². The first-order valence-corrected chi connectivity index (χ1v) is 11.1. The summed E-state index contributed by atoms with van der Waals surface area (Å²) in [6, 6.07) is -0.119. The quantitative estimate of drug-likeness (QED) is 0.625. The first kappa shape index (κ1) is 22.1. The number of amides is 1. The predicted octanol–water partition coefficient (Wildman–Crippen LogP) is 2.44. The van der Waals surface area contributed by atoms with Crippen LogP contribution in [0.4, 0.5) is 5.82 Å². The van der Waals surface area contributed by atoms with Gasteiger partial charge < -0.3 is 19.5 Å². The number of nitrogens with zero attached hydrogens (tertiary/aromatic N) is 7. The fourth-order valence-electron chi connectivity index (χ4n) is 4.13. The Bertz CT molecular complexity index is 1090. The van der Waals surface area contributed by atoms with Gasteiger partial charge >= 0.3 is 0 Å². The summed E-state index contributed by atoms with van der Waals surface area (Å²) in [4.78, 5) is 37.0. The van der Waals surface area contributed by atoms with Crippen LogP contribution >= 0.6 is 0 Å². The Hall–Kier alpha value is -3.14. The maximum Gasteiger partial charge on any atom is 0.224 e. The lowest BCUT2D eigenvalue weighted by Gasteiger charge is -2.35. The van der Waals surface area contributed by atoms with E-state index < -0.39 is 0 Å². The Morgan fingerprint density at radius 2 is 1.88 bits per heavy atom. The summed E-state index contributed by atoms with van der Waals surface area (Å²) >= 11 is 0. The van der Waals surface area contributed by atoms with E-state index in [1.54, 1.807) is 12.4 Å². The normalized spacial score (nSPS) is 19.8. The van der Waals surface area contributed by atoms with Gasteiger partial charge in [-0.3, -0.25) is 4.79 Å². The third-order valence-electron chi connectivity index (χ3n) is 5.52. The lowest BCUT2D eigenvalue weighted by Crippen LogP contribution is -2.49. The minimum atomic E-state index is -0.119. The van der Waals surface area contributed by atoms with Gasteiger partial charge in [0.05, 0.1) is 17.8 Å². The standard InChI is InChI=1S/C22H30N8O2/c1-6-30-21(17-8-23-16(5)24-9-17)28-19-20(25-12-26-22(19)30)27-13(2)7-18(31)29-10-14(3)32-15(4)11-29/h8-9,12-15H,6-7,10-11H2,1-5H3,(H,25,26,27)/t13-,14-,15+/m1/s1. The predicted molar refractivity (Wildman–Crippen MR) is 121 cm³/mol. The molecule has 3 aromatic rings. The van der Waals surface area contributed by atoms with E-state index in [-0.39, 0.29) is 24.2 Å². The molecule has 0 unspecified atom stereocenters. The number of nitrogens with one attached hydrogen (secondary N) is 1.